The third kappa shape index (κ3) is 1.37. The molecule has 2 nitrogen and oxygen atoms in total. The Kier molecular flexibility index (Phi) is 2.00. The fourth-order valence-corrected chi connectivity index (χ4v) is 1.39. The van der Waals surface area contributed by atoms with Crippen LogP contribution in [0.3, 0.4) is 0 Å². The largest absolute Gasteiger partial charge is 0.357 e. The molecule has 1 unspecified atom stereocenters. The Morgan fingerprint density at radius 3 is 2.50 bits per heavy atom. The van der Waals surface area contributed by atoms with Gasteiger partial charge in [-0.2, -0.15) is 0 Å². The molecule has 1 aromatic heterocycles. The van der Waals surface area contributed by atoms with Gasteiger partial charge >= 0.3 is 0 Å². The predicted octanol–water partition coefficient (Wildman–Crippen LogP) is 2.47. The van der Waals surface area contributed by atoms with Gasteiger partial charge in [0, 0.05) is 28.7 Å². The van der Waals surface area contributed by atoms with Gasteiger partial charge in [0.2, 0.25) is 0 Å². The molecule has 0 aliphatic rings. The van der Waals surface area contributed by atoms with E-state index in [1.54, 1.807) is 13.0 Å². The van der Waals surface area contributed by atoms with Gasteiger partial charge in [-0.15, -0.1) is 0 Å². The zero-order valence-electron chi connectivity index (χ0n) is 7.64. The van der Waals surface area contributed by atoms with E-state index in [0.29, 0.717) is 10.9 Å². The molecule has 0 fully saturated rings. The number of nitrogens with one attached hydrogen (secondary N) is 1. The fourth-order valence-electron chi connectivity index (χ4n) is 1.39. The molecule has 0 saturated heterocycles. The van der Waals surface area contributed by atoms with Gasteiger partial charge in [-0.25, -0.2) is 8.78 Å². The van der Waals surface area contributed by atoms with Gasteiger partial charge in [-0.3, -0.25) is 0 Å². The average Bonchev–Trinajstić information content (AvgIpc) is 2.48. The minimum atomic E-state index is -0.851. The summed E-state index contributed by atoms with van der Waals surface area (Å²) in [5.41, 5.74) is 6.97. The van der Waals surface area contributed by atoms with E-state index < -0.39 is 11.6 Å². The number of aromatic amines is 1. The highest BCUT2D eigenvalue weighted by Gasteiger charge is 2.08. The van der Waals surface area contributed by atoms with Crippen molar-refractivity contribution in [2.24, 2.45) is 5.73 Å². The molecule has 74 valence electrons. The lowest BCUT2D eigenvalue weighted by Crippen LogP contribution is -2.04. The Labute approximate surface area is 79.7 Å². The number of hydrogen-bond donors (Lipinski definition) is 2. The summed E-state index contributed by atoms with van der Waals surface area (Å²) in [6.45, 7) is 1.80. The maximum Gasteiger partial charge on any atom is 0.160 e. The zero-order chi connectivity index (χ0) is 10.3. The van der Waals surface area contributed by atoms with E-state index in [-0.39, 0.29) is 6.04 Å². The van der Waals surface area contributed by atoms with E-state index in [2.05, 4.69) is 4.98 Å². The van der Waals surface area contributed by atoms with Gasteiger partial charge in [0.1, 0.15) is 0 Å². The molecule has 0 radical (unpaired) electrons. The zero-order valence-corrected chi connectivity index (χ0v) is 7.64. The third-order valence-electron chi connectivity index (χ3n) is 2.17. The number of rotatable bonds is 1. The summed E-state index contributed by atoms with van der Waals surface area (Å²) in [6, 6.07) is 3.85. The Morgan fingerprint density at radius 2 is 1.86 bits per heavy atom. The Morgan fingerprint density at radius 1 is 1.21 bits per heavy atom. The van der Waals surface area contributed by atoms with Crippen molar-refractivity contribution in [2.75, 3.05) is 0 Å². The maximum atomic E-state index is 12.8. The lowest BCUT2D eigenvalue weighted by Gasteiger charge is -1.98. The van der Waals surface area contributed by atoms with Crippen LogP contribution in [0.25, 0.3) is 10.9 Å². The van der Waals surface area contributed by atoms with Crippen molar-refractivity contribution in [3.8, 4) is 0 Å². The number of hydrogen-bond acceptors (Lipinski definition) is 1. The summed E-state index contributed by atoms with van der Waals surface area (Å²) in [5.74, 6) is -1.69. The van der Waals surface area contributed by atoms with Crippen molar-refractivity contribution in [3.63, 3.8) is 0 Å². The van der Waals surface area contributed by atoms with Gasteiger partial charge in [0.25, 0.3) is 0 Å². The van der Waals surface area contributed by atoms with Crippen LogP contribution in [-0.4, -0.2) is 4.98 Å². The number of nitrogens with two attached hydrogens (primary N) is 1. The molecule has 0 saturated carbocycles. The Bertz CT molecular complexity index is 435. The Balaban J connectivity index is 2.66. The minimum Gasteiger partial charge on any atom is -0.357 e. The lowest BCUT2D eigenvalue weighted by molar-refractivity contribution is 0.511. The molecule has 3 N–H and O–H groups in total. The average molecular weight is 196 g/mol. The van der Waals surface area contributed by atoms with Crippen LogP contribution in [-0.2, 0) is 0 Å². The molecule has 14 heavy (non-hydrogen) atoms. The second-order valence-electron chi connectivity index (χ2n) is 3.37. The number of aromatic nitrogens is 1. The number of H-pyrrole nitrogens is 1. The van der Waals surface area contributed by atoms with E-state index in [0.717, 1.165) is 17.8 Å². The van der Waals surface area contributed by atoms with Crippen LogP contribution in [0.1, 0.15) is 18.7 Å². The molecule has 0 aliphatic carbocycles. The topological polar surface area (TPSA) is 41.8 Å². The number of halogens is 2. The third-order valence-corrected chi connectivity index (χ3v) is 2.17. The predicted molar refractivity (Wildman–Crippen MR) is 50.8 cm³/mol. The van der Waals surface area contributed by atoms with Gasteiger partial charge < -0.3 is 10.7 Å². The van der Waals surface area contributed by atoms with Crippen LogP contribution in [0.4, 0.5) is 8.78 Å². The number of fused-ring (bicyclic) bond motifs is 1. The van der Waals surface area contributed by atoms with Crippen LogP contribution in [0.15, 0.2) is 18.2 Å². The lowest BCUT2D eigenvalue weighted by atomic mass is 10.2. The van der Waals surface area contributed by atoms with Crippen molar-refractivity contribution in [3.05, 3.63) is 35.5 Å². The van der Waals surface area contributed by atoms with Crippen molar-refractivity contribution in [2.45, 2.75) is 13.0 Å². The summed E-state index contributed by atoms with van der Waals surface area (Å²) in [6.07, 6.45) is 0. The first-order valence-electron chi connectivity index (χ1n) is 4.31. The van der Waals surface area contributed by atoms with Crippen molar-refractivity contribution < 1.29 is 8.78 Å². The summed E-state index contributed by atoms with van der Waals surface area (Å²) in [4.78, 5) is 2.93. The number of benzene rings is 1. The summed E-state index contributed by atoms with van der Waals surface area (Å²) < 4.78 is 25.7. The molecule has 1 heterocycles. The molecular weight excluding hydrogens is 186 g/mol. The highest BCUT2D eigenvalue weighted by Crippen LogP contribution is 2.21. The molecule has 0 spiro atoms. The van der Waals surface area contributed by atoms with Crippen LogP contribution in [0, 0.1) is 11.6 Å². The molecule has 1 atom stereocenters. The SMILES string of the molecule is CC(N)c1cc2cc(F)c(F)cc2[nH]1. The van der Waals surface area contributed by atoms with E-state index in [1.807, 2.05) is 0 Å². The van der Waals surface area contributed by atoms with Crippen LogP contribution < -0.4 is 5.73 Å². The summed E-state index contributed by atoms with van der Waals surface area (Å²) >= 11 is 0. The van der Waals surface area contributed by atoms with E-state index in [4.69, 9.17) is 5.73 Å². The van der Waals surface area contributed by atoms with Crippen molar-refractivity contribution >= 4 is 10.9 Å². The van der Waals surface area contributed by atoms with Crippen LogP contribution in [0.5, 0.6) is 0 Å². The van der Waals surface area contributed by atoms with Gasteiger partial charge in [-0.1, -0.05) is 0 Å². The molecule has 1 aromatic carbocycles. The van der Waals surface area contributed by atoms with Gasteiger partial charge in [0.05, 0.1) is 0 Å². The first kappa shape index (κ1) is 9.15. The van der Waals surface area contributed by atoms with Crippen molar-refractivity contribution in [1.82, 2.24) is 4.98 Å². The molecular formula is C10H10F2N2. The maximum absolute atomic E-state index is 12.8. The molecule has 4 heteroatoms. The fraction of sp³-hybridized carbons (Fsp3) is 0.200. The highest BCUT2D eigenvalue weighted by molar-refractivity contribution is 5.80. The smallest absolute Gasteiger partial charge is 0.160 e. The first-order chi connectivity index (χ1) is 6.58. The molecule has 2 rings (SSSR count). The van der Waals surface area contributed by atoms with Gasteiger partial charge in [0.15, 0.2) is 11.6 Å². The van der Waals surface area contributed by atoms with Crippen molar-refractivity contribution in [1.29, 1.82) is 0 Å². The highest BCUT2D eigenvalue weighted by atomic mass is 19.2. The normalized spacial score (nSPS) is 13.4. The minimum absolute atomic E-state index is 0.173. The van der Waals surface area contributed by atoms with E-state index >= 15 is 0 Å². The summed E-state index contributed by atoms with van der Waals surface area (Å²) in [5, 5.41) is 0.635. The monoisotopic (exact) mass is 196 g/mol. The Hall–Kier alpha value is -1.42. The quantitative estimate of drug-likeness (QED) is 0.722. The van der Waals surface area contributed by atoms with E-state index in [9.17, 15) is 8.78 Å². The van der Waals surface area contributed by atoms with E-state index in [1.165, 1.54) is 0 Å². The molecule has 0 bridgehead atoms. The summed E-state index contributed by atoms with van der Waals surface area (Å²) in [7, 11) is 0. The van der Waals surface area contributed by atoms with Crippen LogP contribution in [0.2, 0.25) is 0 Å². The molecule has 0 amide bonds. The molecule has 0 aliphatic heterocycles. The second-order valence-corrected chi connectivity index (χ2v) is 3.37. The molecule has 2 aromatic rings. The van der Waals surface area contributed by atoms with Crippen LogP contribution >= 0.6 is 0 Å². The standard InChI is InChI=1S/C10H10F2N2/c1-5(13)9-3-6-2-7(11)8(12)4-10(6)14-9/h2-5,14H,13H2,1H3. The first-order valence-corrected chi connectivity index (χ1v) is 4.31. The second kappa shape index (κ2) is 3.06. The van der Waals surface area contributed by atoms with Gasteiger partial charge in [-0.05, 0) is 19.1 Å².